The van der Waals surface area contributed by atoms with Gasteiger partial charge in [0.25, 0.3) is 0 Å². The standard InChI is InChI=1S/C19H17NO4S/c1-23-16-8-6-13(7-9-16)20(14-4-3-5-15(21)12-14)18-11-10-17(25-18)19(22)24-2/h3-12,21H,1-2H3. The zero-order chi connectivity index (χ0) is 17.8. The lowest BCUT2D eigenvalue weighted by atomic mass is 10.2. The highest BCUT2D eigenvalue weighted by Gasteiger charge is 2.17. The van der Waals surface area contributed by atoms with E-state index < -0.39 is 0 Å². The molecule has 1 heterocycles. The largest absolute Gasteiger partial charge is 0.508 e. The van der Waals surface area contributed by atoms with E-state index in [1.807, 2.05) is 41.3 Å². The van der Waals surface area contributed by atoms with Gasteiger partial charge in [-0.2, -0.15) is 0 Å². The van der Waals surface area contributed by atoms with E-state index in [0.29, 0.717) is 4.88 Å². The third kappa shape index (κ3) is 3.59. The van der Waals surface area contributed by atoms with Gasteiger partial charge in [-0.25, -0.2) is 4.79 Å². The van der Waals surface area contributed by atoms with E-state index in [-0.39, 0.29) is 11.7 Å². The highest BCUT2D eigenvalue weighted by Crippen LogP contribution is 2.40. The number of hydrogen-bond donors (Lipinski definition) is 1. The Morgan fingerprint density at radius 3 is 2.40 bits per heavy atom. The zero-order valence-electron chi connectivity index (χ0n) is 13.8. The van der Waals surface area contributed by atoms with Crippen molar-refractivity contribution >= 4 is 33.7 Å². The lowest BCUT2D eigenvalue weighted by molar-refractivity contribution is 0.0606. The van der Waals surface area contributed by atoms with Crippen molar-refractivity contribution in [2.75, 3.05) is 19.1 Å². The average molecular weight is 355 g/mol. The Labute approximate surface area is 149 Å². The number of hydrogen-bond acceptors (Lipinski definition) is 6. The number of nitrogens with zero attached hydrogens (tertiary/aromatic N) is 1. The molecule has 0 aliphatic heterocycles. The normalized spacial score (nSPS) is 10.3. The second kappa shape index (κ2) is 7.27. The molecule has 6 heteroatoms. The molecular weight excluding hydrogens is 338 g/mol. The van der Waals surface area contributed by atoms with Crippen molar-refractivity contribution in [2.45, 2.75) is 0 Å². The van der Waals surface area contributed by atoms with E-state index in [4.69, 9.17) is 9.47 Å². The molecule has 0 radical (unpaired) electrons. The fourth-order valence-electron chi connectivity index (χ4n) is 2.43. The predicted molar refractivity (Wildman–Crippen MR) is 98.6 cm³/mol. The van der Waals surface area contributed by atoms with E-state index in [1.54, 1.807) is 31.4 Å². The van der Waals surface area contributed by atoms with Crippen LogP contribution in [0.5, 0.6) is 11.5 Å². The molecule has 0 fully saturated rings. The molecule has 0 aliphatic carbocycles. The second-order valence-electron chi connectivity index (χ2n) is 5.18. The first kappa shape index (κ1) is 16.9. The summed E-state index contributed by atoms with van der Waals surface area (Å²) in [6, 6.07) is 18.1. The SMILES string of the molecule is COC(=O)c1ccc(N(c2ccc(OC)cc2)c2cccc(O)c2)s1. The van der Waals surface area contributed by atoms with Gasteiger partial charge in [0.15, 0.2) is 0 Å². The summed E-state index contributed by atoms with van der Waals surface area (Å²) >= 11 is 1.32. The molecule has 3 aromatic rings. The number of thiophene rings is 1. The minimum absolute atomic E-state index is 0.167. The Morgan fingerprint density at radius 1 is 1.00 bits per heavy atom. The average Bonchev–Trinajstić information content (AvgIpc) is 3.11. The van der Waals surface area contributed by atoms with Gasteiger partial charge in [-0.1, -0.05) is 6.07 Å². The third-order valence-corrected chi connectivity index (χ3v) is 4.67. The maximum atomic E-state index is 11.8. The van der Waals surface area contributed by atoms with Crippen LogP contribution >= 0.6 is 11.3 Å². The Kier molecular flexibility index (Phi) is 4.90. The summed E-state index contributed by atoms with van der Waals surface area (Å²) < 4.78 is 10.00. The van der Waals surface area contributed by atoms with Gasteiger partial charge in [-0.05, 0) is 48.5 Å². The molecule has 3 rings (SSSR count). The minimum Gasteiger partial charge on any atom is -0.508 e. The summed E-state index contributed by atoms with van der Waals surface area (Å²) in [6.45, 7) is 0. The van der Waals surface area contributed by atoms with Gasteiger partial charge in [-0.3, -0.25) is 0 Å². The predicted octanol–water partition coefficient (Wildman–Crippen LogP) is 4.72. The molecule has 5 nitrogen and oxygen atoms in total. The number of carbonyl (C=O) groups is 1. The van der Waals surface area contributed by atoms with Crippen LogP contribution in [0.15, 0.2) is 60.7 Å². The number of phenolic OH excluding ortho intramolecular Hbond substituents is 1. The molecule has 0 unspecified atom stereocenters. The van der Waals surface area contributed by atoms with Crippen LogP contribution in [0.2, 0.25) is 0 Å². The van der Waals surface area contributed by atoms with Gasteiger partial charge in [-0.15, -0.1) is 11.3 Å². The Balaban J connectivity index is 2.08. The van der Waals surface area contributed by atoms with E-state index in [1.165, 1.54) is 18.4 Å². The maximum Gasteiger partial charge on any atom is 0.348 e. The number of rotatable bonds is 5. The summed E-state index contributed by atoms with van der Waals surface area (Å²) in [5.74, 6) is 0.545. The Bertz CT molecular complexity index is 873. The van der Waals surface area contributed by atoms with Crippen LogP contribution in [0.4, 0.5) is 16.4 Å². The number of esters is 1. The second-order valence-corrected chi connectivity index (χ2v) is 6.24. The van der Waals surface area contributed by atoms with Crippen LogP contribution in [0.3, 0.4) is 0 Å². The number of ether oxygens (including phenoxy) is 2. The van der Waals surface area contributed by atoms with Crippen LogP contribution in [0.1, 0.15) is 9.67 Å². The van der Waals surface area contributed by atoms with Crippen molar-refractivity contribution in [3.63, 3.8) is 0 Å². The Hall–Kier alpha value is -2.99. The molecule has 0 aliphatic rings. The molecule has 0 spiro atoms. The summed E-state index contributed by atoms with van der Waals surface area (Å²) in [6.07, 6.45) is 0. The van der Waals surface area contributed by atoms with E-state index in [9.17, 15) is 9.90 Å². The summed E-state index contributed by atoms with van der Waals surface area (Å²) in [5.41, 5.74) is 1.66. The topological polar surface area (TPSA) is 59.0 Å². The van der Waals surface area contributed by atoms with Crippen molar-refractivity contribution in [3.8, 4) is 11.5 Å². The van der Waals surface area contributed by atoms with Gasteiger partial charge in [0.05, 0.1) is 19.9 Å². The van der Waals surface area contributed by atoms with Gasteiger partial charge < -0.3 is 19.5 Å². The fraction of sp³-hybridized carbons (Fsp3) is 0.105. The summed E-state index contributed by atoms with van der Waals surface area (Å²) in [5, 5.41) is 10.7. The van der Waals surface area contributed by atoms with Crippen LogP contribution in [-0.2, 0) is 4.74 Å². The highest BCUT2D eigenvalue weighted by molar-refractivity contribution is 7.18. The number of methoxy groups -OCH3 is 2. The first-order valence-corrected chi connectivity index (χ1v) is 8.35. The summed E-state index contributed by atoms with van der Waals surface area (Å²) in [7, 11) is 2.97. The number of anilines is 3. The van der Waals surface area contributed by atoms with Crippen molar-refractivity contribution in [3.05, 3.63) is 65.5 Å². The molecule has 25 heavy (non-hydrogen) atoms. The van der Waals surface area contributed by atoms with Crippen LogP contribution in [0.25, 0.3) is 0 Å². The number of benzene rings is 2. The number of aromatic hydroxyl groups is 1. The molecule has 2 aromatic carbocycles. The van der Waals surface area contributed by atoms with E-state index in [2.05, 4.69) is 0 Å². The smallest absolute Gasteiger partial charge is 0.348 e. The molecular formula is C19H17NO4S. The number of carbonyl (C=O) groups excluding carboxylic acids is 1. The zero-order valence-corrected chi connectivity index (χ0v) is 14.6. The van der Waals surface area contributed by atoms with Gasteiger partial charge >= 0.3 is 5.97 Å². The molecule has 0 amide bonds. The van der Waals surface area contributed by atoms with E-state index >= 15 is 0 Å². The highest BCUT2D eigenvalue weighted by atomic mass is 32.1. The number of phenols is 1. The Morgan fingerprint density at radius 2 is 1.76 bits per heavy atom. The van der Waals surface area contributed by atoms with Crippen LogP contribution in [0, 0.1) is 0 Å². The van der Waals surface area contributed by atoms with Gasteiger partial charge in [0, 0.05) is 11.8 Å². The third-order valence-electron chi connectivity index (χ3n) is 3.62. The van der Waals surface area contributed by atoms with E-state index in [0.717, 1.165) is 22.1 Å². The lowest BCUT2D eigenvalue weighted by Gasteiger charge is -2.23. The molecule has 1 N–H and O–H groups in total. The molecule has 0 saturated carbocycles. The molecule has 0 bridgehead atoms. The quantitative estimate of drug-likeness (QED) is 0.671. The van der Waals surface area contributed by atoms with Gasteiger partial charge in [0.2, 0.25) is 0 Å². The summed E-state index contributed by atoms with van der Waals surface area (Å²) in [4.78, 5) is 14.2. The maximum absolute atomic E-state index is 11.8. The van der Waals surface area contributed by atoms with Crippen molar-refractivity contribution in [1.29, 1.82) is 0 Å². The molecule has 1 aromatic heterocycles. The fourth-order valence-corrected chi connectivity index (χ4v) is 3.39. The lowest BCUT2D eigenvalue weighted by Crippen LogP contribution is -2.08. The molecule has 128 valence electrons. The first-order chi connectivity index (χ1) is 12.1. The molecule has 0 atom stereocenters. The van der Waals surface area contributed by atoms with Crippen molar-refractivity contribution in [1.82, 2.24) is 0 Å². The first-order valence-electron chi connectivity index (χ1n) is 7.53. The minimum atomic E-state index is -0.373. The van der Waals surface area contributed by atoms with Crippen molar-refractivity contribution in [2.24, 2.45) is 0 Å². The van der Waals surface area contributed by atoms with Crippen LogP contribution < -0.4 is 9.64 Å². The van der Waals surface area contributed by atoms with Gasteiger partial charge in [0.1, 0.15) is 21.4 Å². The van der Waals surface area contributed by atoms with Crippen LogP contribution in [-0.4, -0.2) is 25.3 Å². The van der Waals surface area contributed by atoms with Crippen molar-refractivity contribution < 1.29 is 19.4 Å². The molecule has 0 saturated heterocycles. The monoisotopic (exact) mass is 355 g/mol.